The molecule has 1 heterocycles. The molecule has 1 saturated heterocycles. The first-order valence-electron chi connectivity index (χ1n) is 18.7. The van der Waals surface area contributed by atoms with Gasteiger partial charge in [-0.05, 0) is 74.4 Å². The van der Waals surface area contributed by atoms with Crippen LogP contribution >= 0.6 is 0 Å². The lowest BCUT2D eigenvalue weighted by atomic mass is 9.76. The van der Waals surface area contributed by atoms with Crippen LogP contribution in [-0.4, -0.2) is 73.4 Å². The fourth-order valence-corrected chi connectivity index (χ4v) is 8.58. The van der Waals surface area contributed by atoms with Gasteiger partial charge in [-0.2, -0.15) is 14.0 Å². The predicted molar refractivity (Wildman–Crippen MR) is 200 cm³/mol. The molecule has 2 atom stereocenters. The molecule has 10 nitrogen and oxygen atoms in total. The third kappa shape index (κ3) is 9.52. The van der Waals surface area contributed by atoms with Gasteiger partial charge >= 0.3 is 5.92 Å². The second kappa shape index (κ2) is 17.5. The predicted octanol–water partition coefficient (Wildman–Crippen LogP) is 5.97. The number of aliphatic hydroxyl groups is 1. The van der Waals surface area contributed by atoms with Gasteiger partial charge in [-0.3, -0.25) is 19.2 Å². The summed E-state index contributed by atoms with van der Waals surface area (Å²) in [7, 11) is 0.0683. The highest BCUT2D eigenvalue weighted by Crippen LogP contribution is 2.39. The Balaban J connectivity index is 1.67. The molecule has 0 unspecified atom stereocenters. The van der Waals surface area contributed by atoms with Crippen LogP contribution in [0.5, 0.6) is 0 Å². The van der Waals surface area contributed by atoms with Gasteiger partial charge in [-0.15, -0.1) is 0 Å². The van der Waals surface area contributed by atoms with Crippen LogP contribution in [0.4, 0.5) is 18.9 Å². The van der Waals surface area contributed by atoms with Gasteiger partial charge in [0.2, 0.25) is 17.7 Å². The van der Waals surface area contributed by atoms with Crippen LogP contribution in [0.3, 0.4) is 0 Å². The summed E-state index contributed by atoms with van der Waals surface area (Å²) in [5.74, 6) is -8.67. The van der Waals surface area contributed by atoms with Gasteiger partial charge < -0.3 is 26.0 Å². The number of likely N-dealkylation sites (tertiary alicyclic amines) is 1. The molecule has 2 aliphatic rings. The average molecular weight is 768 g/mol. The molecule has 292 valence electrons. The third-order valence-electron chi connectivity index (χ3n) is 11.1. The van der Waals surface area contributed by atoms with Crippen molar-refractivity contribution in [2.24, 2.45) is 5.92 Å². The second-order valence-electron chi connectivity index (χ2n) is 15.5. The Kier molecular flexibility index (Phi) is 13.8. The maximum absolute atomic E-state index is 16.1. The molecule has 14 heteroatoms. The summed E-state index contributed by atoms with van der Waals surface area (Å²) in [6, 6.07) is 9.43. The molecule has 2 fully saturated rings. The van der Waals surface area contributed by atoms with Crippen LogP contribution in [0.2, 0.25) is 12.6 Å². The van der Waals surface area contributed by atoms with Crippen molar-refractivity contribution in [3.8, 4) is 6.07 Å². The fourth-order valence-electron chi connectivity index (χ4n) is 7.48. The third-order valence-corrected chi connectivity index (χ3v) is 12.0. The Morgan fingerprint density at radius 1 is 1.02 bits per heavy atom. The summed E-state index contributed by atoms with van der Waals surface area (Å²) >= 11 is 0. The van der Waals surface area contributed by atoms with Crippen LogP contribution in [0.25, 0.3) is 0 Å². The highest BCUT2D eigenvalue weighted by molar-refractivity contribution is 6.35. The van der Waals surface area contributed by atoms with E-state index in [1.807, 2.05) is 0 Å². The van der Waals surface area contributed by atoms with Gasteiger partial charge in [0.05, 0.1) is 22.9 Å². The zero-order chi connectivity index (χ0) is 39.9. The zero-order valence-electron chi connectivity index (χ0n) is 31.8. The number of hydrogen-bond acceptors (Lipinski definition) is 6. The normalized spacial score (nSPS) is 18.3. The smallest absolute Gasteiger partial charge is 0.349 e. The van der Waals surface area contributed by atoms with Crippen molar-refractivity contribution < 1.29 is 37.5 Å². The van der Waals surface area contributed by atoms with Gasteiger partial charge in [0, 0.05) is 40.0 Å². The molecule has 4 rings (SSSR count). The van der Waals surface area contributed by atoms with Gasteiger partial charge in [0.25, 0.3) is 5.91 Å². The number of anilines is 1. The van der Waals surface area contributed by atoms with Crippen LogP contribution in [0.15, 0.2) is 42.5 Å². The first-order valence-corrected chi connectivity index (χ1v) is 20.4. The number of piperidine rings is 1. The maximum Gasteiger partial charge on any atom is 0.349 e. The van der Waals surface area contributed by atoms with E-state index in [1.54, 1.807) is 51.3 Å². The van der Waals surface area contributed by atoms with E-state index in [2.05, 4.69) is 16.0 Å². The van der Waals surface area contributed by atoms with Crippen molar-refractivity contribution in [1.82, 2.24) is 15.5 Å². The topological polar surface area (TPSA) is 152 Å². The van der Waals surface area contributed by atoms with E-state index in [4.69, 9.17) is 0 Å². The summed E-state index contributed by atoms with van der Waals surface area (Å²) < 4.78 is 47.7. The molecule has 2 aromatic rings. The molecule has 4 amide bonds. The summed E-state index contributed by atoms with van der Waals surface area (Å²) in [6.45, 7) is 9.16. The lowest BCUT2D eigenvalue weighted by molar-refractivity contribution is -0.152. The van der Waals surface area contributed by atoms with E-state index in [1.165, 1.54) is 24.3 Å². The summed E-state index contributed by atoms with van der Waals surface area (Å²) in [5, 5.41) is 27.6. The number of nitrogens with zero attached hydrogens (tertiary/aromatic N) is 2. The highest BCUT2D eigenvalue weighted by Gasteiger charge is 2.51. The number of hydrogen-bond donors (Lipinski definition) is 4. The second-order valence-corrected chi connectivity index (χ2v) is 16.5. The monoisotopic (exact) mass is 767 g/mol. The van der Waals surface area contributed by atoms with E-state index in [0.717, 1.165) is 37.8 Å². The first-order chi connectivity index (χ1) is 25.4. The minimum Gasteiger partial charge on any atom is -0.390 e. The molecule has 1 saturated carbocycles. The molecular formula is C40H52F3N5O5Si. The number of carbonyl (C=O) groups is 4. The summed E-state index contributed by atoms with van der Waals surface area (Å²) in [5.41, 5.74) is -4.45. The minimum atomic E-state index is -4.08. The molecule has 0 spiro atoms. The van der Waals surface area contributed by atoms with E-state index in [0.29, 0.717) is 31.2 Å². The SMILES string of the molecule is CCC(=O)N[C@@H](C(=O)N1CCC(C)(O)CC1)C(C)(C)c1ccc(NC(=O)[C@](C[Si]C)(NC(=O)C(F)(F)c2cccc(C#N)c2)C2CCCCCC2)c(F)c1. The number of carbonyl (C=O) groups excluding carboxylic acids is 4. The number of benzene rings is 2. The average Bonchev–Trinajstić information content (AvgIpc) is 3.44. The molecule has 0 bridgehead atoms. The minimum absolute atomic E-state index is 0.0448. The lowest BCUT2D eigenvalue weighted by Gasteiger charge is -2.41. The van der Waals surface area contributed by atoms with Gasteiger partial charge in [-0.1, -0.05) is 71.2 Å². The van der Waals surface area contributed by atoms with Crippen molar-refractivity contribution in [2.75, 3.05) is 18.4 Å². The molecule has 1 aliphatic carbocycles. The van der Waals surface area contributed by atoms with Crippen LogP contribution in [0.1, 0.15) is 102 Å². The number of nitrogens with one attached hydrogen (secondary N) is 3. The highest BCUT2D eigenvalue weighted by atomic mass is 28.2. The fraction of sp³-hybridized carbons (Fsp3) is 0.575. The van der Waals surface area contributed by atoms with Crippen LogP contribution in [-0.2, 0) is 30.5 Å². The Morgan fingerprint density at radius 3 is 2.24 bits per heavy atom. The Labute approximate surface area is 318 Å². The number of alkyl halides is 2. The van der Waals surface area contributed by atoms with Gasteiger partial charge in [-0.25, -0.2) is 4.39 Å². The Bertz CT molecular complexity index is 1730. The molecule has 4 N–H and O–H groups in total. The van der Waals surface area contributed by atoms with Crippen molar-refractivity contribution in [1.29, 1.82) is 5.26 Å². The van der Waals surface area contributed by atoms with Gasteiger partial charge in [0.1, 0.15) is 17.4 Å². The van der Waals surface area contributed by atoms with Crippen molar-refractivity contribution >= 4 is 38.8 Å². The van der Waals surface area contributed by atoms with Crippen molar-refractivity contribution in [3.63, 3.8) is 0 Å². The Hall–Kier alpha value is -4.22. The van der Waals surface area contributed by atoms with Crippen LogP contribution in [0, 0.1) is 23.1 Å². The molecule has 0 aromatic heterocycles. The van der Waals surface area contributed by atoms with E-state index < -0.39 is 57.6 Å². The quantitative estimate of drug-likeness (QED) is 0.146. The molecule has 2 aromatic carbocycles. The number of rotatable bonds is 13. The van der Waals surface area contributed by atoms with E-state index in [9.17, 15) is 29.5 Å². The molecular weight excluding hydrogens is 716 g/mol. The standard InChI is InChI=1S/C40H52F3N5O5Si/c1-6-32(49)46-33(34(50)48-20-18-38(4,53)19-21-48)37(2,3)28-16-17-31(30(41)23-28)45-35(51)39(25-54-5,27-13-9-7-8-10-14-27)47-36(52)40(42,43)29-15-11-12-26(22-29)24-44/h11-12,15-17,22-23,27,33,53H,6-10,13-14,18-21,25H2,1-5H3,(H,45,51)(H,46,49)(H,47,52)/t33-,39+/m0/s1. The maximum atomic E-state index is 16.1. The summed E-state index contributed by atoms with van der Waals surface area (Å²) in [4.78, 5) is 56.1. The Morgan fingerprint density at radius 2 is 1.67 bits per heavy atom. The summed E-state index contributed by atoms with van der Waals surface area (Å²) in [6.07, 6.45) is 5.07. The largest absolute Gasteiger partial charge is 0.390 e. The number of nitriles is 1. The molecule has 1 aliphatic heterocycles. The van der Waals surface area contributed by atoms with E-state index in [-0.39, 0.29) is 58.1 Å². The number of amides is 4. The first kappa shape index (κ1) is 42.5. The zero-order valence-corrected chi connectivity index (χ0v) is 32.8. The van der Waals surface area contributed by atoms with Crippen molar-refractivity contribution in [3.05, 3.63) is 65.0 Å². The van der Waals surface area contributed by atoms with Crippen molar-refractivity contribution in [2.45, 2.75) is 127 Å². The molecule has 54 heavy (non-hydrogen) atoms. The molecule has 2 radical (unpaired) electrons. The number of halogens is 3. The lowest BCUT2D eigenvalue weighted by Crippen LogP contribution is -2.63. The van der Waals surface area contributed by atoms with Gasteiger partial charge in [0.15, 0.2) is 0 Å². The van der Waals surface area contributed by atoms with E-state index >= 15 is 13.2 Å². The van der Waals surface area contributed by atoms with Crippen LogP contribution < -0.4 is 16.0 Å².